The second kappa shape index (κ2) is 9.33. The van der Waals surface area contributed by atoms with Crippen molar-refractivity contribution in [2.75, 3.05) is 19.6 Å². The van der Waals surface area contributed by atoms with Gasteiger partial charge in [-0.1, -0.05) is 36.4 Å². The van der Waals surface area contributed by atoms with E-state index in [0.29, 0.717) is 19.6 Å². The number of carbonyl (C=O) groups excluding carboxylic acids is 2. The molecule has 1 aliphatic rings. The monoisotopic (exact) mass is 337 g/mol. The fourth-order valence-corrected chi connectivity index (χ4v) is 2.60. The molecule has 0 saturated carbocycles. The lowest BCUT2D eigenvalue weighted by Gasteiger charge is -2.32. The number of nitrogens with zero attached hydrogens (tertiary/aromatic N) is 1. The molecule has 2 atom stereocenters. The van der Waals surface area contributed by atoms with Gasteiger partial charge in [-0.3, -0.25) is 9.59 Å². The van der Waals surface area contributed by atoms with Crippen molar-refractivity contribution < 1.29 is 9.59 Å². The van der Waals surface area contributed by atoms with Crippen LogP contribution < -0.4 is 10.6 Å². The van der Waals surface area contributed by atoms with Gasteiger partial charge in [0.1, 0.15) is 0 Å². The number of amides is 2. The summed E-state index contributed by atoms with van der Waals surface area (Å²) in [5, 5.41) is 6.06. The van der Waals surface area contributed by atoms with E-state index < -0.39 is 6.04 Å². The molecule has 2 rings (SSSR count). The van der Waals surface area contributed by atoms with Gasteiger partial charge in [0, 0.05) is 19.6 Å². The van der Waals surface area contributed by atoms with Gasteiger partial charge in [0.25, 0.3) is 0 Å². The van der Waals surface area contributed by atoms with Crippen LogP contribution in [0.15, 0.2) is 43.0 Å². The molecule has 1 heterocycles. The molecule has 0 spiro atoms. The zero-order valence-electron chi connectivity index (χ0n) is 13.3. The first kappa shape index (κ1) is 19.2. The number of carbonyl (C=O) groups is 2. The third-order valence-corrected chi connectivity index (χ3v) is 3.80. The molecule has 1 fully saturated rings. The van der Waals surface area contributed by atoms with E-state index in [1.807, 2.05) is 37.3 Å². The number of piperazine rings is 1. The highest BCUT2D eigenvalue weighted by atomic mass is 35.5. The molecule has 1 aromatic carbocycles. The zero-order valence-corrected chi connectivity index (χ0v) is 14.1. The van der Waals surface area contributed by atoms with Crippen LogP contribution in [0.2, 0.25) is 0 Å². The maximum Gasteiger partial charge on any atom is 0.240 e. The second-order valence-electron chi connectivity index (χ2n) is 5.48. The summed E-state index contributed by atoms with van der Waals surface area (Å²) in [4.78, 5) is 26.1. The predicted octanol–water partition coefficient (Wildman–Crippen LogP) is 1.66. The standard InChI is InChI=1S/C17H23N3O2.ClH/c1-3-10-20-11-9-18-15(17(20)22)12-16(21)19-13(2)14-7-5-4-6-8-14;/h3-8,13,15,18H,1,9-12H2,2H3,(H,19,21);1H. The Labute approximate surface area is 143 Å². The van der Waals surface area contributed by atoms with Crippen molar-refractivity contribution in [3.63, 3.8) is 0 Å². The van der Waals surface area contributed by atoms with Gasteiger partial charge >= 0.3 is 0 Å². The molecular weight excluding hydrogens is 314 g/mol. The van der Waals surface area contributed by atoms with Crippen LogP contribution in [0, 0.1) is 0 Å². The van der Waals surface area contributed by atoms with E-state index in [2.05, 4.69) is 17.2 Å². The number of nitrogens with one attached hydrogen (secondary N) is 2. The normalized spacial score (nSPS) is 18.7. The van der Waals surface area contributed by atoms with Gasteiger partial charge in [-0.25, -0.2) is 0 Å². The molecule has 2 unspecified atom stereocenters. The maximum atomic E-state index is 12.2. The number of benzene rings is 1. The Kier molecular flexibility index (Phi) is 7.78. The van der Waals surface area contributed by atoms with E-state index in [1.54, 1.807) is 11.0 Å². The quantitative estimate of drug-likeness (QED) is 0.776. The van der Waals surface area contributed by atoms with E-state index in [0.717, 1.165) is 5.56 Å². The SMILES string of the molecule is C=CCN1CCNC(CC(=O)NC(C)c2ccccc2)C1=O.Cl. The minimum absolute atomic E-state index is 0. The molecule has 1 aromatic rings. The molecule has 2 amide bonds. The molecule has 0 aromatic heterocycles. The Hall–Kier alpha value is -1.85. The number of rotatable bonds is 6. The molecule has 2 N–H and O–H groups in total. The maximum absolute atomic E-state index is 12.2. The van der Waals surface area contributed by atoms with Gasteiger partial charge in [-0.05, 0) is 12.5 Å². The molecule has 23 heavy (non-hydrogen) atoms. The van der Waals surface area contributed by atoms with Crippen LogP contribution in [0.3, 0.4) is 0 Å². The molecule has 1 aliphatic heterocycles. The zero-order chi connectivity index (χ0) is 15.9. The second-order valence-corrected chi connectivity index (χ2v) is 5.48. The first-order valence-electron chi connectivity index (χ1n) is 7.59. The molecule has 1 saturated heterocycles. The first-order chi connectivity index (χ1) is 10.6. The fraction of sp³-hybridized carbons (Fsp3) is 0.412. The highest BCUT2D eigenvalue weighted by Gasteiger charge is 2.29. The average Bonchev–Trinajstić information content (AvgIpc) is 2.52. The third-order valence-electron chi connectivity index (χ3n) is 3.80. The van der Waals surface area contributed by atoms with Crippen LogP contribution in [-0.4, -0.2) is 42.4 Å². The van der Waals surface area contributed by atoms with Crippen molar-refractivity contribution in [1.29, 1.82) is 0 Å². The minimum Gasteiger partial charge on any atom is -0.350 e. The Morgan fingerprint density at radius 3 is 2.83 bits per heavy atom. The average molecular weight is 338 g/mol. The Morgan fingerprint density at radius 1 is 1.48 bits per heavy atom. The lowest BCUT2D eigenvalue weighted by Crippen LogP contribution is -2.56. The summed E-state index contributed by atoms with van der Waals surface area (Å²) < 4.78 is 0. The van der Waals surface area contributed by atoms with Crippen LogP contribution in [0.1, 0.15) is 24.9 Å². The topological polar surface area (TPSA) is 61.4 Å². The van der Waals surface area contributed by atoms with E-state index in [9.17, 15) is 9.59 Å². The summed E-state index contributed by atoms with van der Waals surface area (Å²) in [6.45, 7) is 7.48. The lowest BCUT2D eigenvalue weighted by molar-refractivity contribution is -0.137. The molecule has 126 valence electrons. The molecule has 6 heteroatoms. The summed E-state index contributed by atoms with van der Waals surface area (Å²) in [5.74, 6) is -0.156. The highest BCUT2D eigenvalue weighted by molar-refractivity contribution is 5.89. The largest absolute Gasteiger partial charge is 0.350 e. The van der Waals surface area contributed by atoms with Crippen molar-refractivity contribution >= 4 is 24.2 Å². The van der Waals surface area contributed by atoms with Gasteiger partial charge in [0.2, 0.25) is 11.8 Å². The fourth-order valence-electron chi connectivity index (χ4n) is 2.60. The van der Waals surface area contributed by atoms with Gasteiger partial charge in [0.15, 0.2) is 0 Å². The number of hydrogen-bond acceptors (Lipinski definition) is 3. The van der Waals surface area contributed by atoms with Gasteiger partial charge in [-0.2, -0.15) is 0 Å². The number of halogens is 1. The van der Waals surface area contributed by atoms with E-state index in [-0.39, 0.29) is 36.7 Å². The smallest absolute Gasteiger partial charge is 0.240 e. The molecule has 0 radical (unpaired) electrons. The highest BCUT2D eigenvalue weighted by Crippen LogP contribution is 2.12. The van der Waals surface area contributed by atoms with E-state index in [1.165, 1.54) is 0 Å². The summed E-state index contributed by atoms with van der Waals surface area (Å²) >= 11 is 0. The van der Waals surface area contributed by atoms with Gasteiger partial charge in [-0.15, -0.1) is 19.0 Å². The Bertz CT molecular complexity index is 536. The molecule has 5 nitrogen and oxygen atoms in total. The molecule has 0 bridgehead atoms. The van der Waals surface area contributed by atoms with Crippen molar-refractivity contribution in [2.45, 2.75) is 25.4 Å². The van der Waals surface area contributed by atoms with Crippen LogP contribution in [-0.2, 0) is 9.59 Å². The molecular formula is C17H24ClN3O2. The summed E-state index contributed by atoms with van der Waals surface area (Å²) in [6, 6.07) is 9.25. The predicted molar refractivity (Wildman–Crippen MR) is 93.4 cm³/mol. The van der Waals surface area contributed by atoms with Crippen molar-refractivity contribution in [3.8, 4) is 0 Å². The van der Waals surface area contributed by atoms with Crippen molar-refractivity contribution in [1.82, 2.24) is 15.5 Å². The van der Waals surface area contributed by atoms with Crippen LogP contribution in [0.25, 0.3) is 0 Å². The Balaban J connectivity index is 0.00000264. The van der Waals surface area contributed by atoms with Crippen molar-refractivity contribution in [2.24, 2.45) is 0 Å². The third kappa shape index (κ3) is 5.37. The van der Waals surface area contributed by atoms with Crippen LogP contribution >= 0.6 is 12.4 Å². The van der Waals surface area contributed by atoms with Crippen molar-refractivity contribution in [3.05, 3.63) is 48.6 Å². The number of hydrogen-bond donors (Lipinski definition) is 2. The van der Waals surface area contributed by atoms with E-state index >= 15 is 0 Å². The summed E-state index contributed by atoms with van der Waals surface area (Å²) in [5.41, 5.74) is 1.05. The Morgan fingerprint density at radius 2 is 2.17 bits per heavy atom. The van der Waals surface area contributed by atoms with Gasteiger partial charge < -0.3 is 15.5 Å². The van der Waals surface area contributed by atoms with Gasteiger partial charge in [0.05, 0.1) is 18.5 Å². The lowest BCUT2D eigenvalue weighted by atomic mass is 10.1. The summed E-state index contributed by atoms with van der Waals surface area (Å²) in [7, 11) is 0. The summed E-state index contributed by atoms with van der Waals surface area (Å²) in [6.07, 6.45) is 1.86. The van der Waals surface area contributed by atoms with Crippen LogP contribution in [0.5, 0.6) is 0 Å². The van der Waals surface area contributed by atoms with E-state index in [4.69, 9.17) is 0 Å². The molecule has 0 aliphatic carbocycles. The van der Waals surface area contributed by atoms with Crippen LogP contribution in [0.4, 0.5) is 0 Å². The first-order valence-corrected chi connectivity index (χ1v) is 7.59. The minimum atomic E-state index is -0.448.